The molecule has 1 aliphatic carbocycles. The zero-order chi connectivity index (χ0) is 8.27. The van der Waals surface area contributed by atoms with Crippen LogP contribution in [0.3, 0.4) is 0 Å². The van der Waals surface area contributed by atoms with Gasteiger partial charge in [-0.25, -0.2) is 0 Å². The summed E-state index contributed by atoms with van der Waals surface area (Å²) in [6.45, 7) is 5.58. The van der Waals surface area contributed by atoms with Gasteiger partial charge in [0.25, 0.3) is 0 Å². The lowest BCUT2D eigenvalue weighted by atomic mass is 10.1. The first-order valence-corrected chi connectivity index (χ1v) is 4.09. The third-order valence-corrected chi connectivity index (χ3v) is 1.88. The maximum absolute atomic E-state index is 10.5. The van der Waals surface area contributed by atoms with Crippen LogP contribution in [0.2, 0.25) is 0 Å². The van der Waals surface area contributed by atoms with Crippen molar-refractivity contribution in [2.45, 2.75) is 32.2 Å². The standard InChI is InChI=1S/C9H15NO/c1-7(2)10-9(6-11)5-8-3-4-8/h6,8-10H,1,3-5H2,2H3. The molecule has 0 spiro atoms. The zero-order valence-electron chi connectivity index (χ0n) is 6.97. The Balaban J connectivity index is 2.22. The van der Waals surface area contributed by atoms with Gasteiger partial charge in [-0.1, -0.05) is 19.4 Å². The molecule has 0 aromatic heterocycles. The quantitative estimate of drug-likeness (QED) is 0.606. The highest BCUT2D eigenvalue weighted by atomic mass is 16.1. The zero-order valence-corrected chi connectivity index (χ0v) is 6.97. The van der Waals surface area contributed by atoms with E-state index in [1.54, 1.807) is 0 Å². The fourth-order valence-electron chi connectivity index (χ4n) is 1.18. The molecule has 0 heterocycles. The maximum Gasteiger partial charge on any atom is 0.142 e. The van der Waals surface area contributed by atoms with Gasteiger partial charge in [0.1, 0.15) is 6.29 Å². The van der Waals surface area contributed by atoms with Crippen molar-refractivity contribution in [1.82, 2.24) is 5.32 Å². The Hall–Kier alpha value is -0.790. The van der Waals surface area contributed by atoms with E-state index in [1.807, 2.05) is 6.92 Å². The van der Waals surface area contributed by atoms with Crippen molar-refractivity contribution in [2.24, 2.45) is 5.92 Å². The van der Waals surface area contributed by atoms with Crippen LogP contribution in [0.5, 0.6) is 0 Å². The number of carbonyl (C=O) groups excluding carboxylic acids is 1. The highest BCUT2D eigenvalue weighted by molar-refractivity contribution is 5.58. The molecular formula is C9H15NO. The molecule has 1 aliphatic rings. The first kappa shape index (κ1) is 8.31. The van der Waals surface area contributed by atoms with Gasteiger partial charge in [0.2, 0.25) is 0 Å². The average molecular weight is 153 g/mol. The Morgan fingerprint density at radius 2 is 2.45 bits per heavy atom. The summed E-state index contributed by atoms with van der Waals surface area (Å²) in [6.07, 6.45) is 4.55. The SMILES string of the molecule is C=C(C)NC(C=O)CC1CC1. The first-order valence-electron chi connectivity index (χ1n) is 4.09. The highest BCUT2D eigenvalue weighted by Crippen LogP contribution is 2.33. The summed E-state index contributed by atoms with van der Waals surface area (Å²) in [5.74, 6) is 0.789. The summed E-state index contributed by atoms with van der Waals surface area (Å²) in [6, 6.07) is -0.000000000000000444. The summed E-state index contributed by atoms with van der Waals surface area (Å²) in [4.78, 5) is 10.5. The summed E-state index contributed by atoms with van der Waals surface area (Å²) >= 11 is 0. The van der Waals surface area contributed by atoms with E-state index in [0.717, 1.165) is 24.3 Å². The molecule has 1 atom stereocenters. The molecule has 1 N–H and O–H groups in total. The monoisotopic (exact) mass is 153 g/mol. The molecule has 1 fully saturated rings. The van der Waals surface area contributed by atoms with Crippen molar-refractivity contribution in [3.05, 3.63) is 12.3 Å². The van der Waals surface area contributed by atoms with Crippen LogP contribution in [0, 0.1) is 5.92 Å². The van der Waals surface area contributed by atoms with Gasteiger partial charge in [0.05, 0.1) is 6.04 Å². The Bertz CT molecular complexity index is 161. The normalized spacial score (nSPS) is 19.0. The molecule has 2 heteroatoms. The number of carbonyl (C=O) groups is 1. The molecule has 0 saturated heterocycles. The molecular weight excluding hydrogens is 138 g/mol. The molecule has 0 aliphatic heterocycles. The summed E-state index contributed by atoms with van der Waals surface area (Å²) in [5, 5.41) is 3.04. The molecule has 1 unspecified atom stereocenters. The molecule has 1 rings (SSSR count). The van der Waals surface area contributed by atoms with Gasteiger partial charge in [-0.2, -0.15) is 0 Å². The van der Waals surface area contributed by atoms with Gasteiger partial charge in [-0.15, -0.1) is 0 Å². The third-order valence-electron chi connectivity index (χ3n) is 1.88. The topological polar surface area (TPSA) is 29.1 Å². The van der Waals surface area contributed by atoms with Gasteiger partial charge in [0.15, 0.2) is 0 Å². The summed E-state index contributed by atoms with van der Waals surface area (Å²) < 4.78 is 0. The van der Waals surface area contributed by atoms with E-state index in [0.29, 0.717) is 0 Å². The first-order chi connectivity index (χ1) is 5.22. The number of allylic oxidation sites excluding steroid dienone is 1. The average Bonchev–Trinajstić information content (AvgIpc) is 2.69. The van der Waals surface area contributed by atoms with E-state index in [4.69, 9.17) is 0 Å². The lowest BCUT2D eigenvalue weighted by Gasteiger charge is -2.12. The fourth-order valence-corrected chi connectivity index (χ4v) is 1.18. The van der Waals surface area contributed by atoms with Crippen LogP contribution >= 0.6 is 0 Å². The van der Waals surface area contributed by atoms with Gasteiger partial charge in [-0.05, 0) is 19.3 Å². The third kappa shape index (κ3) is 3.21. The van der Waals surface area contributed by atoms with E-state index in [1.165, 1.54) is 12.8 Å². The Morgan fingerprint density at radius 3 is 2.82 bits per heavy atom. The molecule has 0 aromatic carbocycles. The van der Waals surface area contributed by atoms with Crippen LogP contribution in [0.1, 0.15) is 26.2 Å². The van der Waals surface area contributed by atoms with E-state index in [2.05, 4.69) is 11.9 Å². The molecule has 0 bridgehead atoms. The van der Waals surface area contributed by atoms with Crippen LogP contribution in [0.15, 0.2) is 12.3 Å². The smallest absolute Gasteiger partial charge is 0.142 e. The number of hydrogen-bond acceptors (Lipinski definition) is 2. The number of nitrogens with one attached hydrogen (secondary N) is 1. The Morgan fingerprint density at radius 1 is 1.82 bits per heavy atom. The molecule has 1 saturated carbocycles. The van der Waals surface area contributed by atoms with E-state index in [9.17, 15) is 4.79 Å². The lowest BCUT2D eigenvalue weighted by Crippen LogP contribution is -2.28. The molecule has 2 nitrogen and oxygen atoms in total. The van der Waals surface area contributed by atoms with Gasteiger partial charge >= 0.3 is 0 Å². The van der Waals surface area contributed by atoms with E-state index >= 15 is 0 Å². The predicted molar refractivity (Wildman–Crippen MR) is 45.1 cm³/mol. The van der Waals surface area contributed by atoms with Crippen molar-refractivity contribution in [3.63, 3.8) is 0 Å². The molecule has 0 aromatic rings. The number of hydrogen-bond donors (Lipinski definition) is 1. The Labute approximate surface area is 67.7 Å². The maximum atomic E-state index is 10.5. The van der Waals surface area contributed by atoms with E-state index in [-0.39, 0.29) is 6.04 Å². The summed E-state index contributed by atoms with van der Waals surface area (Å²) in [5.41, 5.74) is 0.878. The van der Waals surface area contributed by atoms with Crippen molar-refractivity contribution in [1.29, 1.82) is 0 Å². The molecule has 0 radical (unpaired) electrons. The van der Waals surface area contributed by atoms with Gasteiger partial charge in [0, 0.05) is 5.70 Å². The van der Waals surface area contributed by atoms with Crippen molar-refractivity contribution < 1.29 is 4.79 Å². The van der Waals surface area contributed by atoms with Crippen LogP contribution in [0.4, 0.5) is 0 Å². The molecule has 62 valence electrons. The second kappa shape index (κ2) is 3.56. The number of rotatable bonds is 5. The number of aldehydes is 1. The van der Waals surface area contributed by atoms with Crippen molar-refractivity contribution in [2.75, 3.05) is 0 Å². The minimum atomic E-state index is -0.000000000000000444. The van der Waals surface area contributed by atoms with Gasteiger partial charge in [-0.3, -0.25) is 0 Å². The second-order valence-electron chi connectivity index (χ2n) is 3.35. The minimum absolute atomic E-state index is 0.000000000000000444. The van der Waals surface area contributed by atoms with E-state index < -0.39 is 0 Å². The van der Waals surface area contributed by atoms with Crippen molar-refractivity contribution >= 4 is 6.29 Å². The van der Waals surface area contributed by atoms with Crippen LogP contribution in [0.25, 0.3) is 0 Å². The minimum Gasteiger partial charge on any atom is -0.380 e. The van der Waals surface area contributed by atoms with Crippen LogP contribution < -0.4 is 5.32 Å². The van der Waals surface area contributed by atoms with Crippen LogP contribution in [-0.4, -0.2) is 12.3 Å². The summed E-state index contributed by atoms with van der Waals surface area (Å²) in [7, 11) is 0. The fraction of sp³-hybridized carbons (Fsp3) is 0.667. The van der Waals surface area contributed by atoms with Gasteiger partial charge < -0.3 is 10.1 Å². The molecule has 0 amide bonds. The van der Waals surface area contributed by atoms with Crippen molar-refractivity contribution in [3.8, 4) is 0 Å². The Kier molecular flexibility index (Phi) is 2.69. The second-order valence-corrected chi connectivity index (χ2v) is 3.35. The predicted octanol–water partition coefficient (Wildman–Crippen LogP) is 1.48. The van der Waals surface area contributed by atoms with Crippen LogP contribution in [-0.2, 0) is 4.79 Å². The molecule has 11 heavy (non-hydrogen) atoms. The highest BCUT2D eigenvalue weighted by Gasteiger charge is 2.24. The lowest BCUT2D eigenvalue weighted by molar-refractivity contribution is -0.109. The largest absolute Gasteiger partial charge is 0.380 e.